The number of ether oxygens (including phenoxy) is 1. The first kappa shape index (κ1) is 17.5. The third-order valence-electron chi connectivity index (χ3n) is 3.17. The monoisotopic (exact) mass is 328 g/mol. The van der Waals surface area contributed by atoms with E-state index < -0.39 is 17.7 Å². The van der Waals surface area contributed by atoms with Crippen molar-refractivity contribution >= 4 is 12.1 Å². The molecule has 0 saturated heterocycles. The number of aromatic carboxylic acids is 1. The van der Waals surface area contributed by atoms with Gasteiger partial charge >= 0.3 is 12.1 Å². The molecule has 0 spiro atoms. The molecular formula is C18H20N2O4. The largest absolute Gasteiger partial charge is 0.478 e. The molecule has 126 valence electrons. The van der Waals surface area contributed by atoms with Crippen molar-refractivity contribution < 1.29 is 19.4 Å². The van der Waals surface area contributed by atoms with Gasteiger partial charge in [-0.15, -0.1) is 0 Å². The van der Waals surface area contributed by atoms with E-state index in [4.69, 9.17) is 4.74 Å². The van der Waals surface area contributed by atoms with Gasteiger partial charge in [-0.1, -0.05) is 18.2 Å². The van der Waals surface area contributed by atoms with Gasteiger partial charge < -0.3 is 15.2 Å². The lowest BCUT2D eigenvalue weighted by Gasteiger charge is -2.20. The van der Waals surface area contributed by atoms with Gasteiger partial charge in [0.15, 0.2) is 0 Å². The number of nitrogens with zero attached hydrogens (tertiary/aromatic N) is 1. The second-order valence-electron chi connectivity index (χ2n) is 6.24. The van der Waals surface area contributed by atoms with Gasteiger partial charge in [-0.05, 0) is 49.6 Å². The molecule has 0 saturated carbocycles. The van der Waals surface area contributed by atoms with Gasteiger partial charge in [-0.25, -0.2) is 9.59 Å². The first-order valence-corrected chi connectivity index (χ1v) is 7.50. The number of hydrogen-bond acceptors (Lipinski definition) is 4. The van der Waals surface area contributed by atoms with Crippen LogP contribution >= 0.6 is 0 Å². The Morgan fingerprint density at radius 1 is 1.17 bits per heavy atom. The van der Waals surface area contributed by atoms with E-state index >= 15 is 0 Å². The van der Waals surface area contributed by atoms with Crippen molar-refractivity contribution in [3.8, 4) is 11.1 Å². The van der Waals surface area contributed by atoms with E-state index in [1.807, 2.05) is 0 Å². The van der Waals surface area contributed by atoms with Gasteiger partial charge in [0.1, 0.15) is 5.60 Å². The molecule has 6 nitrogen and oxygen atoms in total. The number of hydrogen-bond donors (Lipinski definition) is 2. The maximum absolute atomic E-state index is 11.8. The summed E-state index contributed by atoms with van der Waals surface area (Å²) in [6, 6.07) is 8.45. The molecule has 1 heterocycles. The molecule has 2 aromatic rings. The Labute approximate surface area is 140 Å². The molecule has 0 aliphatic heterocycles. The molecular weight excluding hydrogens is 308 g/mol. The quantitative estimate of drug-likeness (QED) is 0.897. The van der Waals surface area contributed by atoms with E-state index in [0.29, 0.717) is 16.7 Å². The smallest absolute Gasteiger partial charge is 0.407 e. The molecule has 0 fully saturated rings. The molecule has 0 aliphatic carbocycles. The van der Waals surface area contributed by atoms with Crippen molar-refractivity contribution in [2.45, 2.75) is 32.9 Å². The molecule has 1 aromatic heterocycles. The summed E-state index contributed by atoms with van der Waals surface area (Å²) < 4.78 is 5.20. The van der Waals surface area contributed by atoms with Crippen LogP contribution in [0.3, 0.4) is 0 Å². The maximum atomic E-state index is 11.8. The van der Waals surface area contributed by atoms with Crippen LogP contribution in [0, 0.1) is 0 Å². The van der Waals surface area contributed by atoms with Crippen molar-refractivity contribution in [3.05, 3.63) is 53.9 Å². The molecule has 1 aromatic carbocycles. The molecule has 1 amide bonds. The van der Waals surface area contributed by atoms with E-state index in [1.54, 1.807) is 63.5 Å². The van der Waals surface area contributed by atoms with Crippen LogP contribution in [0.1, 0.15) is 36.7 Å². The highest BCUT2D eigenvalue weighted by Crippen LogP contribution is 2.26. The molecule has 0 unspecified atom stereocenters. The highest BCUT2D eigenvalue weighted by Gasteiger charge is 2.17. The van der Waals surface area contributed by atoms with E-state index in [1.165, 1.54) is 0 Å². The van der Waals surface area contributed by atoms with Crippen molar-refractivity contribution in [2.75, 3.05) is 0 Å². The summed E-state index contributed by atoms with van der Waals surface area (Å²) in [6.07, 6.45) is 2.65. The standard InChI is InChI=1S/C18H20N2O4/c1-18(2,3)24-17(23)20-11-12-10-19-9-8-13(12)14-6-4-5-7-15(14)16(21)22/h4-10H,11H2,1-3H3,(H,20,23)(H,21,22). The summed E-state index contributed by atoms with van der Waals surface area (Å²) in [6.45, 7) is 5.54. The maximum Gasteiger partial charge on any atom is 0.407 e. The van der Waals surface area contributed by atoms with E-state index in [0.717, 1.165) is 0 Å². The number of aromatic nitrogens is 1. The SMILES string of the molecule is CC(C)(C)OC(=O)NCc1cnccc1-c1ccccc1C(=O)O. The second-order valence-corrected chi connectivity index (χ2v) is 6.24. The molecule has 0 aliphatic rings. The fourth-order valence-electron chi connectivity index (χ4n) is 2.22. The van der Waals surface area contributed by atoms with Crippen molar-refractivity contribution in [3.63, 3.8) is 0 Å². The zero-order valence-electron chi connectivity index (χ0n) is 13.9. The van der Waals surface area contributed by atoms with Gasteiger partial charge in [0.25, 0.3) is 0 Å². The lowest BCUT2D eigenvalue weighted by Crippen LogP contribution is -2.32. The molecule has 2 N–H and O–H groups in total. The Kier molecular flexibility index (Phi) is 5.18. The van der Waals surface area contributed by atoms with Crippen LogP contribution in [0.2, 0.25) is 0 Å². The minimum atomic E-state index is -1.01. The number of rotatable bonds is 4. The highest BCUT2D eigenvalue weighted by molar-refractivity contribution is 5.96. The average molecular weight is 328 g/mol. The summed E-state index contributed by atoms with van der Waals surface area (Å²) in [5.41, 5.74) is 1.60. The Morgan fingerprint density at radius 3 is 2.54 bits per heavy atom. The van der Waals surface area contributed by atoms with Gasteiger partial charge in [0.05, 0.1) is 5.56 Å². The third-order valence-corrected chi connectivity index (χ3v) is 3.17. The number of carbonyl (C=O) groups excluding carboxylic acids is 1. The van der Waals surface area contributed by atoms with Crippen LogP contribution in [0.4, 0.5) is 4.79 Å². The third kappa shape index (κ3) is 4.55. The molecule has 0 bridgehead atoms. The number of benzene rings is 1. The zero-order chi connectivity index (χ0) is 17.7. The van der Waals surface area contributed by atoms with Crippen LogP contribution in [0.15, 0.2) is 42.7 Å². The minimum Gasteiger partial charge on any atom is -0.478 e. The van der Waals surface area contributed by atoms with Crippen LogP contribution in [0.5, 0.6) is 0 Å². The Hall–Kier alpha value is -2.89. The summed E-state index contributed by atoms with van der Waals surface area (Å²) in [5, 5.41) is 12.0. The van der Waals surface area contributed by atoms with Crippen LogP contribution in [0.25, 0.3) is 11.1 Å². The van der Waals surface area contributed by atoms with Crippen LogP contribution in [-0.4, -0.2) is 27.8 Å². The van der Waals surface area contributed by atoms with Crippen molar-refractivity contribution in [2.24, 2.45) is 0 Å². The van der Waals surface area contributed by atoms with Crippen molar-refractivity contribution in [1.29, 1.82) is 0 Å². The fraction of sp³-hybridized carbons (Fsp3) is 0.278. The zero-order valence-corrected chi connectivity index (χ0v) is 13.9. The Morgan fingerprint density at radius 2 is 1.88 bits per heavy atom. The number of alkyl carbamates (subject to hydrolysis) is 1. The first-order chi connectivity index (χ1) is 11.3. The number of carbonyl (C=O) groups is 2. The minimum absolute atomic E-state index is 0.187. The Bertz CT molecular complexity index is 751. The van der Waals surface area contributed by atoms with Gasteiger partial charge in [0.2, 0.25) is 0 Å². The number of carboxylic acids is 1. The topological polar surface area (TPSA) is 88.5 Å². The number of nitrogens with one attached hydrogen (secondary N) is 1. The summed E-state index contributed by atoms with van der Waals surface area (Å²) in [4.78, 5) is 27.3. The normalized spacial score (nSPS) is 11.0. The fourth-order valence-corrected chi connectivity index (χ4v) is 2.22. The van der Waals surface area contributed by atoms with Gasteiger partial charge in [-0.2, -0.15) is 0 Å². The molecule has 6 heteroatoms. The van der Waals surface area contributed by atoms with Gasteiger partial charge in [0, 0.05) is 18.9 Å². The predicted octanol–water partition coefficient (Wildman–Crippen LogP) is 3.47. The molecule has 0 atom stereocenters. The average Bonchev–Trinajstić information content (AvgIpc) is 2.51. The summed E-state index contributed by atoms with van der Waals surface area (Å²) in [5.74, 6) is -1.01. The van der Waals surface area contributed by atoms with E-state index in [2.05, 4.69) is 10.3 Å². The molecule has 2 rings (SSSR count). The predicted molar refractivity (Wildman–Crippen MR) is 89.7 cm³/mol. The highest BCUT2D eigenvalue weighted by atomic mass is 16.6. The van der Waals surface area contributed by atoms with Crippen LogP contribution in [-0.2, 0) is 11.3 Å². The lowest BCUT2D eigenvalue weighted by molar-refractivity contribution is 0.0523. The van der Waals surface area contributed by atoms with E-state index in [9.17, 15) is 14.7 Å². The second kappa shape index (κ2) is 7.12. The lowest BCUT2D eigenvalue weighted by atomic mass is 9.97. The number of carboxylic acid groups (broad SMARTS) is 1. The van der Waals surface area contributed by atoms with E-state index in [-0.39, 0.29) is 12.1 Å². The van der Waals surface area contributed by atoms with Crippen LogP contribution < -0.4 is 5.32 Å². The van der Waals surface area contributed by atoms with Gasteiger partial charge in [-0.3, -0.25) is 4.98 Å². The Balaban J connectivity index is 2.26. The number of amides is 1. The van der Waals surface area contributed by atoms with Crippen molar-refractivity contribution in [1.82, 2.24) is 10.3 Å². The first-order valence-electron chi connectivity index (χ1n) is 7.50. The summed E-state index contributed by atoms with van der Waals surface area (Å²) >= 11 is 0. The number of pyridine rings is 1. The molecule has 0 radical (unpaired) electrons. The summed E-state index contributed by atoms with van der Waals surface area (Å²) in [7, 11) is 0. The molecule has 24 heavy (non-hydrogen) atoms.